The fourth-order valence-corrected chi connectivity index (χ4v) is 2.23. The Morgan fingerprint density at radius 2 is 2.12 bits per heavy atom. The summed E-state index contributed by atoms with van der Waals surface area (Å²) in [7, 11) is 1.75. The second kappa shape index (κ2) is 6.91. The van der Waals surface area contributed by atoms with Crippen molar-refractivity contribution >= 4 is 11.8 Å². The Kier molecular flexibility index (Phi) is 5.84. The number of aliphatic hydroxyl groups is 2. The lowest BCUT2D eigenvalue weighted by molar-refractivity contribution is 0.0201. The normalized spacial score (nSPS) is 14.8. The van der Waals surface area contributed by atoms with Gasteiger partial charge in [-0.05, 0) is 30.5 Å². The molecule has 3 nitrogen and oxygen atoms in total. The maximum absolute atomic E-state index is 9.91. The Bertz CT molecular complexity index is 320. The Hall–Kier alpha value is -0.550. The lowest BCUT2D eigenvalue weighted by Crippen LogP contribution is -2.29. The summed E-state index contributed by atoms with van der Waals surface area (Å²) in [6, 6.07) is 7.68. The van der Waals surface area contributed by atoms with E-state index in [0.29, 0.717) is 6.54 Å². The predicted octanol–water partition coefficient (Wildman–Crippen LogP) is 1.41. The van der Waals surface area contributed by atoms with Gasteiger partial charge in [-0.25, -0.2) is 0 Å². The first-order valence-electron chi connectivity index (χ1n) is 5.42. The summed E-state index contributed by atoms with van der Waals surface area (Å²) in [4.78, 5) is 1.12. The molecular formula is C12H19NO2S. The summed E-state index contributed by atoms with van der Waals surface area (Å²) in [5.74, 6) is 0.999. The smallest absolute Gasteiger partial charge is 0.106 e. The third-order valence-corrected chi connectivity index (χ3v) is 3.16. The molecule has 4 heteroatoms. The SMILES string of the molecule is CCSc1cccc(C(O)C(O)CNC)c1. The van der Waals surface area contributed by atoms with E-state index >= 15 is 0 Å². The minimum absolute atomic E-state index is 0.381. The molecule has 0 aromatic heterocycles. The molecule has 1 aromatic carbocycles. The van der Waals surface area contributed by atoms with Gasteiger partial charge in [0.15, 0.2) is 0 Å². The van der Waals surface area contributed by atoms with Gasteiger partial charge in [0, 0.05) is 11.4 Å². The molecule has 0 saturated carbocycles. The van der Waals surface area contributed by atoms with Crippen molar-refractivity contribution in [2.75, 3.05) is 19.3 Å². The van der Waals surface area contributed by atoms with E-state index in [2.05, 4.69) is 12.2 Å². The molecule has 2 unspecified atom stereocenters. The van der Waals surface area contributed by atoms with Crippen LogP contribution in [-0.4, -0.2) is 35.7 Å². The van der Waals surface area contributed by atoms with Crippen molar-refractivity contribution < 1.29 is 10.2 Å². The van der Waals surface area contributed by atoms with Gasteiger partial charge in [-0.15, -0.1) is 11.8 Å². The van der Waals surface area contributed by atoms with Crippen molar-refractivity contribution in [3.8, 4) is 0 Å². The second-order valence-corrected chi connectivity index (χ2v) is 4.91. The molecule has 90 valence electrons. The lowest BCUT2D eigenvalue weighted by atomic mass is 10.0. The number of rotatable bonds is 6. The maximum atomic E-state index is 9.91. The van der Waals surface area contributed by atoms with Crippen LogP contribution in [0.15, 0.2) is 29.2 Å². The highest BCUT2D eigenvalue weighted by Crippen LogP contribution is 2.23. The van der Waals surface area contributed by atoms with Gasteiger partial charge in [0.2, 0.25) is 0 Å². The van der Waals surface area contributed by atoms with Crippen molar-refractivity contribution in [2.45, 2.75) is 24.0 Å². The van der Waals surface area contributed by atoms with Gasteiger partial charge < -0.3 is 15.5 Å². The molecule has 0 saturated heterocycles. The van der Waals surface area contributed by atoms with Crippen LogP contribution in [0.5, 0.6) is 0 Å². The van der Waals surface area contributed by atoms with Crippen LogP contribution < -0.4 is 5.32 Å². The van der Waals surface area contributed by atoms with E-state index in [0.717, 1.165) is 16.2 Å². The highest BCUT2D eigenvalue weighted by molar-refractivity contribution is 7.99. The zero-order valence-electron chi connectivity index (χ0n) is 9.68. The van der Waals surface area contributed by atoms with E-state index in [9.17, 15) is 10.2 Å². The monoisotopic (exact) mass is 241 g/mol. The first kappa shape index (κ1) is 13.5. The Labute approximate surface area is 101 Å². The zero-order chi connectivity index (χ0) is 12.0. The summed E-state index contributed by atoms with van der Waals surface area (Å²) >= 11 is 1.72. The molecule has 0 spiro atoms. The summed E-state index contributed by atoms with van der Waals surface area (Å²) in [5, 5.41) is 22.4. The molecule has 3 N–H and O–H groups in total. The first-order chi connectivity index (χ1) is 7.69. The molecule has 1 rings (SSSR count). The van der Waals surface area contributed by atoms with E-state index in [1.54, 1.807) is 18.8 Å². The zero-order valence-corrected chi connectivity index (χ0v) is 10.5. The van der Waals surface area contributed by atoms with Crippen molar-refractivity contribution in [3.63, 3.8) is 0 Å². The van der Waals surface area contributed by atoms with Gasteiger partial charge in [0.1, 0.15) is 6.10 Å². The van der Waals surface area contributed by atoms with Crippen molar-refractivity contribution in [1.82, 2.24) is 5.32 Å². The van der Waals surface area contributed by atoms with Gasteiger partial charge in [0.05, 0.1) is 6.10 Å². The number of likely N-dealkylation sites (N-methyl/N-ethyl adjacent to an activating group) is 1. The third kappa shape index (κ3) is 3.79. The van der Waals surface area contributed by atoms with Gasteiger partial charge in [-0.1, -0.05) is 19.1 Å². The minimum atomic E-state index is -0.829. The first-order valence-corrected chi connectivity index (χ1v) is 6.41. The fourth-order valence-electron chi connectivity index (χ4n) is 1.50. The third-order valence-electron chi connectivity index (χ3n) is 2.29. The number of benzene rings is 1. The van der Waals surface area contributed by atoms with Crippen LogP contribution in [0.25, 0.3) is 0 Å². The van der Waals surface area contributed by atoms with Crippen LogP contribution in [0, 0.1) is 0 Å². The average molecular weight is 241 g/mol. The van der Waals surface area contributed by atoms with E-state index in [1.165, 1.54) is 0 Å². The highest BCUT2D eigenvalue weighted by Gasteiger charge is 2.17. The van der Waals surface area contributed by atoms with Crippen LogP contribution in [0.4, 0.5) is 0 Å². The second-order valence-electron chi connectivity index (χ2n) is 3.58. The van der Waals surface area contributed by atoms with Crippen LogP contribution in [0.1, 0.15) is 18.6 Å². The fraction of sp³-hybridized carbons (Fsp3) is 0.500. The predicted molar refractivity (Wildman–Crippen MR) is 67.7 cm³/mol. The summed E-state index contributed by atoms with van der Waals surface area (Å²) < 4.78 is 0. The molecule has 0 bridgehead atoms. The van der Waals surface area contributed by atoms with Crippen LogP contribution in [-0.2, 0) is 0 Å². The quantitative estimate of drug-likeness (QED) is 0.659. The van der Waals surface area contributed by atoms with Crippen molar-refractivity contribution in [1.29, 1.82) is 0 Å². The molecule has 16 heavy (non-hydrogen) atoms. The van der Waals surface area contributed by atoms with Gasteiger partial charge in [0.25, 0.3) is 0 Å². The molecule has 0 aliphatic rings. The molecular weight excluding hydrogens is 222 g/mol. The van der Waals surface area contributed by atoms with Gasteiger partial charge in [-0.2, -0.15) is 0 Å². The summed E-state index contributed by atoms with van der Waals surface area (Å²) in [6.45, 7) is 2.47. The highest BCUT2D eigenvalue weighted by atomic mass is 32.2. The molecule has 1 aromatic rings. The molecule has 0 aliphatic heterocycles. The summed E-state index contributed by atoms with van der Waals surface area (Å²) in [5.41, 5.74) is 0.765. The Morgan fingerprint density at radius 3 is 2.75 bits per heavy atom. The van der Waals surface area contributed by atoms with Crippen molar-refractivity contribution in [3.05, 3.63) is 29.8 Å². The van der Waals surface area contributed by atoms with Gasteiger partial charge in [-0.3, -0.25) is 0 Å². The Balaban J connectivity index is 2.74. The van der Waals surface area contributed by atoms with Crippen LogP contribution in [0.3, 0.4) is 0 Å². The molecule has 2 atom stereocenters. The van der Waals surface area contributed by atoms with Crippen LogP contribution >= 0.6 is 11.8 Å². The molecule has 0 fully saturated rings. The van der Waals surface area contributed by atoms with E-state index in [-0.39, 0.29) is 0 Å². The van der Waals surface area contributed by atoms with E-state index in [1.807, 2.05) is 24.3 Å². The van der Waals surface area contributed by atoms with Crippen LogP contribution in [0.2, 0.25) is 0 Å². The number of thioether (sulfide) groups is 1. The minimum Gasteiger partial charge on any atom is -0.389 e. The molecule has 0 radical (unpaired) electrons. The van der Waals surface area contributed by atoms with E-state index in [4.69, 9.17) is 0 Å². The maximum Gasteiger partial charge on any atom is 0.106 e. The standard InChI is InChI=1S/C12H19NO2S/c1-3-16-10-6-4-5-9(7-10)12(15)11(14)8-13-2/h4-7,11-15H,3,8H2,1-2H3. The number of hydrogen-bond acceptors (Lipinski definition) is 4. The van der Waals surface area contributed by atoms with Gasteiger partial charge >= 0.3 is 0 Å². The molecule has 0 amide bonds. The number of aliphatic hydroxyl groups excluding tert-OH is 2. The van der Waals surface area contributed by atoms with Crippen molar-refractivity contribution in [2.24, 2.45) is 0 Å². The average Bonchev–Trinajstić information content (AvgIpc) is 2.29. The number of hydrogen-bond donors (Lipinski definition) is 3. The Morgan fingerprint density at radius 1 is 1.38 bits per heavy atom. The topological polar surface area (TPSA) is 52.5 Å². The largest absolute Gasteiger partial charge is 0.389 e. The lowest BCUT2D eigenvalue weighted by Gasteiger charge is -2.18. The summed E-state index contributed by atoms with van der Waals surface area (Å²) in [6.07, 6.45) is -1.60. The van der Waals surface area contributed by atoms with E-state index < -0.39 is 12.2 Å². The molecule has 0 aliphatic carbocycles. The number of nitrogens with one attached hydrogen (secondary N) is 1. The molecule has 0 heterocycles.